The molecule has 1 N–H and O–H groups in total. The summed E-state index contributed by atoms with van der Waals surface area (Å²) in [6, 6.07) is 0. The molecule has 2 bridgehead atoms. The molecular weight excluding hydrogens is 112 g/mol. The van der Waals surface area contributed by atoms with Crippen LogP contribution in [0.1, 0.15) is 32.1 Å². The zero-order valence-corrected chi connectivity index (χ0v) is 5.71. The molecule has 1 nitrogen and oxygen atoms in total. The van der Waals surface area contributed by atoms with Crippen molar-refractivity contribution in [2.24, 2.45) is 11.8 Å². The third-order valence-corrected chi connectivity index (χ3v) is 2.86. The molecule has 2 aliphatic rings. The molecule has 3 atom stereocenters. The second-order valence-corrected chi connectivity index (χ2v) is 3.67. The quantitative estimate of drug-likeness (QED) is 0.522. The molecule has 1 heteroatoms. The highest BCUT2D eigenvalue weighted by Crippen LogP contribution is 2.41. The van der Waals surface area contributed by atoms with Gasteiger partial charge < -0.3 is 5.11 Å². The average molecular weight is 126 g/mol. The Hall–Kier alpha value is -0.0400. The van der Waals surface area contributed by atoms with Gasteiger partial charge in [0, 0.05) is 0 Å². The molecule has 9 heavy (non-hydrogen) atoms. The highest BCUT2D eigenvalue weighted by molar-refractivity contribution is 4.84. The maximum absolute atomic E-state index is 9.29. The first-order chi connectivity index (χ1) is 4.34. The van der Waals surface area contributed by atoms with Crippen LogP contribution in [0.15, 0.2) is 0 Å². The predicted molar refractivity (Wildman–Crippen MR) is 36.1 cm³/mol. The van der Waals surface area contributed by atoms with Gasteiger partial charge in [0.05, 0.1) is 6.10 Å². The number of aliphatic hydroxyl groups excluding tert-OH is 1. The van der Waals surface area contributed by atoms with E-state index in [0.29, 0.717) is 0 Å². The molecular formula is C8H14O. The van der Waals surface area contributed by atoms with Gasteiger partial charge in [-0.15, -0.1) is 0 Å². The van der Waals surface area contributed by atoms with Crippen LogP contribution in [0.5, 0.6) is 0 Å². The van der Waals surface area contributed by atoms with Crippen LogP contribution in [0.4, 0.5) is 0 Å². The van der Waals surface area contributed by atoms with E-state index in [-0.39, 0.29) is 6.10 Å². The Morgan fingerprint density at radius 3 is 2.00 bits per heavy atom. The van der Waals surface area contributed by atoms with Crippen LogP contribution < -0.4 is 0 Å². The van der Waals surface area contributed by atoms with E-state index in [0.717, 1.165) is 24.7 Å². The lowest BCUT2D eigenvalue weighted by molar-refractivity contribution is 0.0965. The Morgan fingerprint density at radius 2 is 1.44 bits per heavy atom. The third kappa shape index (κ3) is 0.983. The summed E-state index contributed by atoms with van der Waals surface area (Å²) in [6.07, 6.45) is 6.43. The highest BCUT2D eigenvalue weighted by Gasteiger charge is 2.32. The van der Waals surface area contributed by atoms with Gasteiger partial charge in [-0.2, -0.15) is 0 Å². The summed E-state index contributed by atoms with van der Waals surface area (Å²) >= 11 is 0. The molecule has 0 aromatic heterocycles. The van der Waals surface area contributed by atoms with Crippen molar-refractivity contribution in [1.29, 1.82) is 0 Å². The van der Waals surface area contributed by atoms with Crippen molar-refractivity contribution in [1.82, 2.24) is 0 Å². The fourth-order valence-corrected chi connectivity index (χ4v) is 2.47. The van der Waals surface area contributed by atoms with Crippen molar-refractivity contribution >= 4 is 0 Å². The van der Waals surface area contributed by atoms with Gasteiger partial charge in [-0.1, -0.05) is 12.8 Å². The van der Waals surface area contributed by atoms with Gasteiger partial charge in [-0.25, -0.2) is 0 Å². The monoisotopic (exact) mass is 126 g/mol. The normalized spacial score (nSPS) is 49.7. The second kappa shape index (κ2) is 1.98. The lowest BCUT2D eigenvalue weighted by atomic mass is 9.87. The molecule has 2 saturated carbocycles. The summed E-state index contributed by atoms with van der Waals surface area (Å²) in [5.41, 5.74) is 0. The van der Waals surface area contributed by atoms with E-state index < -0.39 is 0 Å². The van der Waals surface area contributed by atoms with Gasteiger partial charge in [0.25, 0.3) is 0 Å². The van der Waals surface area contributed by atoms with E-state index in [2.05, 4.69) is 0 Å². The lowest BCUT2D eigenvalue weighted by Crippen LogP contribution is -2.19. The van der Waals surface area contributed by atoms with E-state index in [4.69, 9.17) is 0 Å². The first kappa shape index (κ1) is 5.72. The molecule has 0 spiro atoms. The zero-order chi connectivity index (χ0) is 6.27. The smallest absolute Gasteiger partial charge is 0.0545 e. The molecule has 2 rings (SSSR count). The molecule has 0 amide bonds. The minimum atomic E-state index is 0.0521. The third-order valence-electron chi connectivity index (χ3n) is 2.86. The SMILES string of the molecule is O[C@@H]1C[C@H]2CC[C@@H](C1)C2. The first-order valence-electron chi connectivity index (χ1n) is 4.02. The average Bonchev–Trinajstić information content (AvgIpc) is 2.11. The van der Waals surface area contributed by atoms with Gasteiger partial charge in [0.1, 0.15) is 0 Å². The van der Waals surface area contributed by atoms with Crippen LogP contribution in [-0.4, -0.2) is 11.2 Å². The van der Waals surface area contributed by atoms with Gasteiger partial charge in [0.15, 0.2) is 0 Å². The van der Waals surface area contributed by atoms with Crippen molar-refractivity contribution in [2.75, 3.05) is 0 Å². The summed E-state index contributed by atoms with van der Waals surface area (Å²) in [5, 5.41) is 9.29. The van der Waals surface area contributed by atoms with Crippen molar-refractivity contribution < 1.29 is 5.11 Å². The zero-order valence-electron chi connectivity index (χ0n) is 5.71. The highest BCUT2D eigenvalue weighted by atomic mass is 16.3. The summed E-state index contributed by atoms with van der Waals surface area (Å²) < 4.78 is 0. The fourth-order valence-electron chi connectivity index (χ4n) is 2.47. The van der Waals surface area contributed by atoms with Gasteiger partial charge in [0.2, 0.25) is 0 Å². The number of hydrogen-bond acceptors (Lipinski definition) is 1. The van der Waals surface area contributed by atoms with E-state index in [1.807, 2.05) is 0 Å². The summed E-state index contributed by atoms with van der Waals surface area (Å²) in [6.45, 7) is 0. The van der Waals surface area contributed by atoms with Crippen LogP contribution in [0, 0.1) is 11.8 Å². The Balaban J connectivity index is 2.03. The van der Waals surface area contributed by atoms with Gasteiger partial charge >= 0.3 is 0 Å². The lowest BCUT2D eigenvalue weighted by Gasteiger charge is -2.22. The van der Waals surface area contributed by atoms with Crippen LogP contribution >= 0.6 is 0 Å². The van der Waals surface area contributed by atoms with Crippen LogP contribution in [0.2, 0.25) is 0 Å². The number of hydrogen-bond donors (Lipinski definition) is 1. The molecule has 0 aromatic rings. The molecule has 0 saturated heterocycles. The molecule has 52 valence electrons. The Kier molecular flexibility index (Phi) is 1.26. The minimum Gasteiger partial charge on any atom is -0.393 e. The van der Waals surface area contributed by atoms with E-state index in [1.54, 1.807) is 0 Å². The van der Waals surface area contributed by atoms with Gasteiger partial charge in [-0.05, 0) is 31.1 Å². The predicted octanol–water partition coefficient (Wildman–Crippen LogP) is 1.56. The van der Waals surface area contributed by atoms with Crippen molar-refractivity contribution in [2.45, 2.75) is 38.2 Å². The molecule has 2 aliphatic carbocycles. The van der Waals surface area contributed by atoms with E-state index in [9.17, 15) is 5.11 Å². The van der Waals surface area contributed by atoms with Crippen molar-refractivity contribution in [3.05, 3.63) is 0 Å². The second-order valence-electron chi connectivity index (χ2n) is 3.67. The molecule has 0 aromatic carbocycles. The van der Waals surface area contributed by atoms with Crippen LogP contribution in [0.25, 0.3) is 0 Å². The van der Waals surface area contributed by atoms with Crippen LogP contribution in [0.3, 0.4) is 0 Å². The van der Waals surface area contributed by atoms with Gasteiger partial charge in [-0.3, -0.25) is 0 Å². The van der Waals surface area contributed by atoms with E-state index in [1.165, 1.54) is 19.3 Å². The number of fused-ring (bicyclic) bond motifs is 2. The summed E-state index contributed by atoms with van der Waals surface area (Å²) in [5.74, 6) is 1.78. The Labute approximate surface area is 56.1 Å². The Morgan fingerprint density at radius 1 is 0.889 bits per heavy atom. The largest absolute Gasteiger partial charge is 0.393 e. The Bertz CT molecular complexity index is 99.1. The molecule has 0 heterocycles. The molecule has 0 unspecified atom stereocenters. The maximum atomic E-state index is 9.29. The molecule has 2 fully saturated rings. The van der Waals surface area contributed by atoms with Crippen LogP contribution in [-0.2, 0) is 0 Å². The number of rotatable bonds is 0. The maximum Gasteiger partial charge on any atom is 0.0545 e. The first-order valence-corrected chi connectivity index (χ1v) is 4.02. The summed E-state index contributed by atoms with van der Waals surface area (Å²) in [7, 11) is 0. The van der Waals surface area contributed by atoms with Crippen molar-refractivity contribution in [3.8, 4) is 0 Å². The fraction of sp³-hybridized carbons (Fsp3) is 1.00. The summed E-state index contributed by atoms with van der Waals surface area (Å²) in [4.78, 5) is 0. The minimum absolute atomic E-state index is 0.0521. The van der Waals surface area contributed by atoms with E-state index >= 15 is 0 Å². The molecule has 0 radical (unpaired) electrons. The standard InChI is InChI=1S/C8H14O/c9-8-4-6-1-2-7(3-6)5-8/h6-9H,1-5H2/t6-,7+,8+. The number of aliphatic hydroxyl groups is 1. The molecule has 0 aliphatic heterocycles. The van der Waals surface area contributed by atoms with Crippen molar-refractivity contribution in [3.63, 3.8) is 0 Å². The topological polar surface area (TPSA) is 20.2 Å².